The fourth-order valence-corrected chi connectivity index (χ4v) is 3.42. The molecule has 2 nitrogen and oxygen atoms in total. The Kier molecular flexibility index (Phi) is 2.39. The predicted octanol–water partition coefficient (Wildman–Crippen LogP) is 4.95. The molecule has 2 aliphatic heterocycles. The highest BCUT2D eigenvalue weighted by Crippen LogP contribution is 2.51. The van der Waals surface area contributed by atoms with Gasteiger partial charge in [0.05, 0.1) is 11.4 Å². The summed E-state index contributed by atoms with van der Waals surface area (Å²) in [5, 5.41) is 0. The maximum atomic E-state index is 6.11. The molecule has 2 heterocycles. The van der Waals surface area contributed by atoms with Crippen molar-refractivity contribution in [1.29, 1.82) is 0 Å². The van der Waals surface area contributed by atoms with Crippen molar-refractivity contribution in [3.63, 3.8) is 0 Å². The molecule has 0 saturated carbocycles. The van der Waals surface area contributed by atoms with Crippen molar-refractivity contribution < 1.29 is 4.74 Å². The number of rotatable bonds is 0. The SMILES string of the molecule is Cc1cc2c3c(c1)Oc1cc(Br)ccc1N3CCC2. The van der Waals surface area contributed by atoms with Crippen LogP contribution in [0.1, 0.15) is 17.5 Å². The van der Waals surface area contributed by atoms with Crippen molar-refractivity contribution in [2.45, 2.75) is 19.8 Å². The van der Waals surface area contributed by atoms with E-state index in [2.05, 4.69) is 58.1 Å². The van der Waals surface area contributed by atoms with E-state index in [1.165, 1.54) is 28.9 Å². The number of nitrogens with zero attached hydrogens (tertiary/aromatic N) is 1. The lowest BCUT2D eigenvalue weighted by Crippen LogP contribution is -2.27. The van der Waals surface area contributed by atoms with Gasteiger partial charge in [-0.15, -0.1) is 0 Å². The molecule has 0 spiro atoms. The normalized spacial score (nSPS) is 15.6. The Hall–Kier alpha value is -1.48. The molecule has 0 aromatic heterocycles. The van der Waals surface area contributed by atoms with Gasteiger partial charge in [0.1, 0.15) is 0 Å². The summed E-state index contributed by atoms with van der Waals surface area (Å²) in [5.74, 6) is 1.95. The second-order valence-corrected chi connectivity index (χ2v) is 6.16. The molecule has 0 bridgehead atoms. The molecule has 0 fully saturated rings. The number of halogens is 1. The summed E-state index contributed by atoms with van der Waals surface area (Å²) in [6.07, 6.45) is 2.35. The van der Waals surface area contributed by atoms with Gasteiger partial charge >= 0.3 is 0 Å². The molecule has 96 valence electrons. The molecule has 2 aromatic carbocycles. The lowest BCUT2D eigenvalue weighted by molar-refractivity contribution is 0.468. The molecule has 2 aliphatic rings. The van der Waals surface area contributed by atoms with Gasteiger partial charge in [-0.1, -0.05) is 22.0 Å². The van der Waals surface area contributed by atoms with Gasteiger partial charge < -0.3 is 9.64 Å². The monoisotopic (exact) mass is 315 g/mol. The summed E-state index contributed by atoms with van der Waals surface area (Å²) >= 11 is 3.52. The summed E-state index contributed by atoms with van der Waals surface area (Å²) in [5.41, 5.74) is 5.14. The smallest absolute Gasteiger partial charge is 0.152 e. The fraction of sp³-hybridized carbons (Fsp3) is 0.250. The first kappa shape index (κ1) is 11.4. The molecule has 0 radical (unpaired) electrons. The number of anilines is 2. The van der Waals surface area contributed by atoms with E-state index in [4.69, 9.17) is 4.74 Å². The fourth-order valence-electron chi connectivity index (χ4n) is 3.08. The molecule has 0 unspecified atom stereocenters. The second-order valence-electron chi connectivity index (χ2n) is 5.24. The molecule has 0 aliphatic carbocycles. The highest BCUT2D eigenvalue weighted by atomic mass is 79.9. The minimum Gasteiger partial charge on any atom is -0.453 e. The minimum absolute atomic E-state index is 0.945. The molecule has 2 aromatic rings. The first-order chi connectivity index (χ1) is 9.22. The van der Waals surface area contributed by atoms with Crippen LogP contribution in [0.15, 0.2) is 34.8 Å². The number of hydrogen-bond acceptors (Lipinski definition) is 2. The molecule has 3 heteroatoms. The maximum absolute atomic E-state index is 6.11. The van der Waals surface area contributed by atoms with Crippen LogP contribution in [0.3, 0.4) is 0 Å². The van der Waals surface area contributed by atoms with Crippen LogP contribution < -0.4 is 9.64 Å². The van der Waals surface area contributed by atoms with Crippen molar-refractivity contribution in [3.05, 3.63) is 45.9 Å². The van der Waals surface area contributed by atoms with Crippen molar-refractivity contribution >= 4 is 27.3 Å². The Labute approximate surface area is 121 Å². The summed E-state index contributed by atoms with van der Waals surface area (Å²) < 4.78 is 7.17. The van der Waals surface area contributed by atoms with Crippen molar-refractivity contribution in [3.8, 4) is 11.5 Å². The highest BCUT2D eigenvalue weighted by Gasteiger charge is 2.29. The molecule has 4 rings (SSSR count). The van der Waals surface area contributed by atoms with E-state index in [-0.39, 0.29) is 0 Å². The lowest BCUT2D eigenvalue weighted by Gasteiger charge is -2.37. The van der Waals surface area contributed by atoms with Crippen LogP contribution in [0.4, 0.5) is 11.4 Å². The molecular weight excluding hydrogens is 302 g/mol. The second kappa shape index (κ2) is 4.01. The van der Waals surface area contributed by atoms with Gasteiger partial charge in [0, 0.05) is 11.0 Å². The number of fused-ring (bicyclic) bond motifs is 2. The van der Waals surface area contributed by atoms with Gasteiger partial charge in [0.25, 0.3) is 0 Å². The van der Waals surface area contributed by atoms with E-state index in [9.17, 15) is 0 Å². The Morgan fingerprint density at radius 1 is 1.16 bits per heavy atom. The quantitative estimate of drug-likeness (QED) is 0.682. The highest BCUT2D eigenvalue weighted by molar-refractivity contribution is 9.10. The molecule has 0 N–H and O–H groups in total. The number of aryl methyl sites for hydroxylation is 2. The zero-order chi connectivity index (χ0) is 13.0. The molecule has 0 amide bonds. The topological polar surface area (TPSA) is 12.5 Å². The average Bonchev–Trinajstić information content (AvgIpc) is 2.38. The third-order valence-electron chi connectivity index (χ3n) is 3.83. The van der Waals surface area contributed by atoms with Crippen LogP contribution >= 0.6 is 15.9 Å². The van der Waals surface area contributed by atoms with Crippen LogP contribution in [0.2, 0.25) is 0 Å². The van der Waals surface area contributed by atoms with Crippen molar-refractivity contribution in [2.75, 3.05) is 11.4 Å². The number of ether oxygens (including phenoxy) is 1. The zero-order valence-corrected chi connectivity index (χ0v) is 12.3. The number of benzene rings is 2. The first-order valence-corrected chi connectivity index (χ1v) is 7.40. The van der Waals surface area contributed by atoms with E-state index >= 15 is 0 Å². The molecule has 0 atom stereocenters. The standard InChI is InChI=1S/C16H14BrNO/c1-10-7-11-3-2-6-18-13-5-4-12(17)9-14(13)19-15(8-10)16(11)18/h4-5,7-9H,2-3,6H2,1H3. The molecule has 0 saturated heterocycles. The Morgan fingerprint density at radius 3 is 2.95 bits per heavy atom. The summed E-state index contributed by atoms with van der Waals surface area (Å²) in [6, 6.07) is 10.7. The number of hydrogen-bond donors (Lipinski definition) is 0. The maximum Gasteiger partial charge on any atom is 0.152 e. The first-order valence-electron chi connectivity index (χ1n) is 6.61. The van der Waals surface area contributed by atoms with Gasteiger partial charge in [-0.25, -0.2) is 0 Å². The van der Waals surface area contributed by atoms with Crippen LogP contribution in [0, 0.1) is 6.92 Å². The summed E-state index contributed by atoms with van der Waals surface area (Å²) in [6.45, 7) is 3.20. The summed E-state index contributed by atoms with van der Waals surface area (Å²) in [7, 11) is 0. The van der Waals surface area contributed by atoms with E-state index in [1.807, 2.05) is 0 Å². The third kappa shape index (κ3) is 1.68. The van der Waals surface area contributed by atoms with Crippen LogP contribution in [-0.2, 0) is 6.42 Å². The van der Waals surface area contributed by atoms with E-state index in [0.717, 1.165) is 28.9 Å². The van der Waals surface area contributed by atoms with Gasteiger partial charge in [-0.05, 0) is 55.2 Å². The van der Waals surface area contributed by atoms with Crippen molar-refractivity contribution in [2.24, 2.45) is 0 Å². The van der Waals surface area contributed by atoms with Gasteiger partial charge in [-0.2, -0.15) is 0 Å². The Bertz CT molecular complexity index is 681. The minimum atomic E-state index is 0.945. The van der Waals surface area contributed by atoms with E-state index < -0.39 is 0 Å². The van der Waals surface area contributed by atoms with Crippen molar-refractivity contribution in [1.82, 2.24) is 0 Å². The zero-order valence-electron chi connectivity index (χ0n) is 10.7. The van der Waals surface area contributed by atoms with E-state index in [0.29, 0.717) is 0 Å². The Morgan fingerprint density at radius 2 is 2.05 bits per heavy atom. The van der Waals surface area contributed by atoms with Gasteiger partial charge in [-0.3, -0.25) is 0 Å². The lowest BCUT2D eigenvalue weighted by atomic mass is 9.97. The average molecular weight is 316 g/mol. The summed E-state index contributed by atoms with van der Waals surface area (Å²) in [4.78, 5) is 2.40. The Balaban J connectivity index is 1.97. The third-order valence-corrected chi connectivity index (χ3v) is 4.32. The van der Waals surface area contributed by atoms with Crippen LogP contribution in [0.25, 0.3) is 0 Å². The van der Waals surface area contributed by atoms with E-state index in [1.54, 1.807) is 0 Å². The molecule has 19 heavy (non-hydrogen) atoms. The van der Waals surface area contributed by atoms with Crippen LogP contribution in [0.5, 0.6) is 11.5 Å². The molecular formula is C16H14BrNO. The van der Waals surface area contributed by atoms with Gasteiger partial charge in [0.2, 0.25) is 0 Å². The van der Waals surface area contributed by atoms with Crippen LogP contribution in [-0.4, -0.2) is 6.54 Å². The predicted molar refractivity (Wildman–Crippen MR) is 80.7 cm³/mol. The largest absolute Gasteiger partial charge is 0.453 e. The van der Waals surface area contributed by atoms with Gasteiger partial charge in [0.15, 0.2) is 11.5 Å².